The van der Waals surface area contributed by atoms with Crippen LogP contribution in [0.4, 0.5) is 22.0 Å². The lowest BCUT2D eigenvalue weighted by Gasteiger charge is -2.10. The molecule has 1 aromatic heterocycles. The highest BCUT2D eigenvalue weighted by atomic mass is 35.5. The van der Waals surface area contributed by atoms with Gasteiger partial charge < -0.3 is 9.30 Å². The van der Waals surface area contributed by atoms with Crippen LogP contribution in [0.5, 0.6) is 0 Å². The Morgan fingerprint density at radius 2 is 1.95 bits per heavy atom. The minimum absolute atomic E-state index is 0.0883. The third kappa shape index (κ3) is 3.62. The van der Waals surface area contributed by atoms with E-state index in [0.29, 0.717) is 0 Å². The van der Waals surface area contributed by atoms with Gasteiger partial charge in [0, 0.05) is 6.54 Å². The number of aromatic nitrogens is 2. The van der Waals surface area contributed by atoms with Gasteiger partial charge in [-0.3, -0.25) is 0 Å². The summed E-state index contributed by atoms with van der Waals surface area (Å²) >= 11 is 5.66. The Balaban J connectivity index is 2.23. The molecular weight excluding hydrogens is 319 g/mol. The first-order valence-corrected chi connectivity index (χ1v) is 6.40. The number of hydrogen-bond donors (Lipinski definition) is 0. The van der Waals surface area contributed by atoms with E-state index in [4.69, 9.17) is 11.6 Å². The summed E-state index contributed by atoms with van der Waals surface area (Å²) in [7, 11) is 0. The van der Waals surface area contributed by atoms with E-state index < -0.39 is 24.4 Å². The molecule has 0 atom stereocenters. The first kappa shape index (κ1) is 16.0. The maximum atomic E-state index is 13.8. The topological polar surface area (TPSA) is 27.1 Å². The van der Waals surface area contributed by atoms with Crippen molar-refractivity contribution in [3.05, 3.63) is 29.6 Å². The molecule has 0 fully saturated rings. The first-order valence-electron chi connectivity index (χ1n) is 5.87. The maximum absolute atomic E-state index is 13.8. The normalized spacial score (nSPS) is 12.3. The molecule has 9 heteroatoms. The Bertz CT molecular complexity index is 641. The molecule has 0 bridgehead atoms. The van der Waals surface area contributed by atoms with Crippen molar-refractivity contribution in [2.45, 2.75) is 18.6 Å². The number of benzene rings is 1. The third-order valence-electron chi connectivity index (χ3n) is 2.72. The Kier molecular flexibility index (Phi) is 4.67. The van der Waals surface area contributed by atoms with E-state index in [0.717, 1.165) is 6.07 Å². The Hall–Kier alpha value is -1.41. The number of imidazole rings is 1. The van der Waals surface area contributed by atoms with Crippen LogP contribution in [-0.2, 0) is 17.2 Å². The molecule has 0 spiro atoms. The summed E-state index contributed by atoms with van der Waals surface area (Å²) in [5, 5.41) is 0. The highest BCUT2D eigenvalue weighted by Crippen LogP contribution is 2.23. The monoisotopic (exact) mass is 328 g/mol. The molecule has 1 heterocycles. The molecule has 0 N–H and O–H groups in total. The van der Waals surface area contributed by atoms with Crippen LogP contribution in [0.2, 0.25) is 0 Å². The van der Waals surface area contributed by atoms with Crippen LogP contribution in [0.3, 0.4) is 0 Å². The van der Waals surface area contributed by atoms with Crippen molar-refractivity contribution in [2.75, 3.05) is 13.2 Å². The summed E-state index contributed by atoms with van der Waals surface area (Å²) in [5.41, 5.74) is 0.0432. The molecule has 0 saturated heterocycles. The van der Waals surface area contributed by atoms with Gasteiger partial charge in [0.2, 0.25) is 0 Å². The van der Waals surface area contributed by atoms with Gasteiger partial charge in [-0.15, -0.1) is 11.6 Å². The van der Waals surface area contributed by atoms with Gasteiger partial charge >= 0.3 is 6.18 Å². The van der Waals surface area contributed by atoms with E-state index in [1.807, 2.05) is 0 Å². The predicted octanol–water partition coefficient (Wildman–Crippen LogP) is 3.63. The van der Waals surface area contributed by atoms with E-state index in [1.165, 1.54) is 10.6 Å². The van der Waals surface area contributed by atoms with E-state index in [1.54, 1.807) is 0 Å². The average Bonchev–Trinajstić information content (AvgIpc) is 2.76. The second-order valence-corrected chi connectivity index (χ2v) is 4.48. The van der Waals surface area contributed by atoms with Crippen LogP contribution >= 0.6 is 11.6 Å². The van der Waals surface area contributed by atoms with Crippen molar-refractivity contribution in [2.24, 2.45) is 0 Å². The van der Waals surface area contributed by atoms with Gasteiger partial charge in [0.25, 0.3) is 0 Å². The van der Waals surface area contributed by atoms with Crippen LogP contribution in [0, 0.1) is 11.6 Å². The fraction of sp³-hybridized carbons (Fsp3) is 0.417. The van der Waals surface area contributed by atoms with E-state index in [9.17, 15) is 22.0 Å². The maximum Gasteiger partial charge on any atom is 0.411 e. The van der Waals surface area contributed by atoms with Gasteiger partial charge in [0.1, 0.15) is 17.9 Å². The largest absolute Gasteiger partial charge is 0.411 e. The highest BCUT2D eigenvalue weighted by Gasteiger charge is 2.27. The Labute approximate surface area is 121 Å². The van der Waals surface area contributed by atoms with Crippen molar-refractivity contribution >= 4 is 22.6 Å². The van der Waals surface area contributed by atoms with Crippen molar-refractivity contribution < 1.29 is 26.7 Å². The number of alkyl halides is 4. The Morgan fingerprint density at radius 3 is 2.57 bits per heavy atom. The summed E-state index contributed by atoms with van der Waals surface area (Å²) in [6.45, 7) is -1.85. The summed E-state index contributed by atoms with van der Waals surface area (Å²) in [5.74, 6) is -2.05. The van der Waals surface area contributed by atoms with Gasteiger partial charge in [-0.2, -0.15) is 13.2 Å². The fourth-order valence-corrected chi connectivity index (χ4v) is 2.10. The minimum Gasteiger partial charge on any atom is -0.370 e. The summed E-state index contributed by atoms with van der Waals surface area (Å²) in [6, 6.07) is 2.20. The molecule has 1 aromatic carbocycles. The number of hydrogen-bond acceptors (Lipinski definition) is 2. The fourth-order valence-electron chi connectivity index (χ4n) is 1.89. The third-order valence-corrected chi connectivity index (χ3v) is 2.96. The van der Waals surface area contributed by atoms with E-state index >= 15 is 0 Å². The number of rotatable bonds is 5. The van der Waals surface area contributed by atoms with Crippen molar-refractivity contribution in [1.29, 1.82) is 0 Å². The SMILES string of the molecule is Fc1ccc2nc(CCl)n(CCOCC(F)(F)F)c2c1F. The van der Waals surface area contributed by atoms with Crippen LogP contribution in [-0.4, -0.2) is 28.9 Å². The summed E-state index contributed by atoms with van der Waals surface area (Å²) in [6.07, 6.45) is -4.44. The standard InChI is InChI=1S/C12H10ClF5N2O/c13-5-9-19-8-2-1-7(14)10(15)11(8)20(9)3-4-21-6-12(16,17)18/h1-2H,3-6H2. The average molecular weight is 329 g/mol. The zero-order valence-electron chi connectivity index (χ0n) is 10.6. The Morgan fingerprint density at radius 1 is 1.24 bits per heavy atom. The summed E-state index contributed by atoms with van der Waals surface area (Å²) in [4.78, 5) is 4.01. The molecule has 21 heavy (non-hydrogen) atoms. The number of nitrogens with zero attached hydrogens (tertiary/aromatic N) is 2. The second-order valence-electron chi connectivity index (χ2n) is 4.21. The molecule has 0 saturated carbocycles. The quantitative estimate of drug-likeness (QED) is 0.476. The van der Waals surface area contributed by atoms with Crippen LogP contribution in [0.25, 0.3) is 11.0 Å². The van der Waals surface area contributed by atoms with E-state index in [-0.39, 0.29) is 35.9 Å². The van der Waals surface area contributed by atoms with Crippen molar-refractivity contribution in [3.63, 3.8) is 0 Å². The van der Waals surface area contributed by atoms with Crippen LogP contribution < -0.4 is 0 Å². The molecule has 116 valence electrons. The molecule has 2 aromatic rings. The van der Waals surface area contributed by atoms with Crippen LogP contribution in [0.15, 0.2) is 12.1 Å². The number of ether oxygens (including phenoxy) is 1. The number of fused-ring (bicyclic) bond motifs is 1. The smallest absolute Gasteiger partial charge is 0.370 e. The van der Waals surface area contributed by atoms with Gasteiger partial charge in [-0.05, 0) is 12.1 Å². The molecular formula is C12H10ClF5N2O. The molecule has 3 nitrogen and oxygen atoms in total. The van der Waals surface area contributed by atoms with Gasteiger partial charge in [-0.1, -0.05) is 0 Å². The molecule has 0 unspecified atom stereocenters. The number of halogens is 6. The highest BCUT2D eigenvalue weighted by molar-refractivity contribution is 6.16. The minimum atomic E-state index is -4.44. The molecule has 0 aliphatic rings. The van der Waals surface area contributed by atoms with Gasteiger partial charge in [0.05, 0.1) is 18.0 Å². The zero-order valence-corrected chi connectivity index (χ0v) is 11.3. The van der Waals surface area contributed by atoms with Crippen molar-refractivity contribution in [3.8, 4) is 0 Å². The zero-order chi connectivity index (χ0) is 15.6. The summed E-state index contributed by atoms with van der Waals surface area (Å²) < 4.78 is 68.6. The molecule has 2 rings (SSSR count). The lowest BCUT2D eigenvalue weighted by Crippen LogP contribution is -2.19. The lowest BCUT2D eigenvalue weighted by molar-refractivity contribution is -0.174. The molecule has 0 aliphatic carbocycles. The molecule has 0 aliphatic heterocycles. The lowest BCUT2D eigenvalue weighted by atomic mass is 10.3. The molecule has 0 radical (unpaired) electrons. The van der Waals surface area contributed by atoms with Crippen molar-refractivity contribution in [1.82, 2.24) is 9.55 Å². The molecule has 0 amide bonds. The van der Waals surface area contributed by atoms with Gasteiger partial charge in [0.15, 0.2) is 11.6 Å². The predicted molar refractivity (Wildman–Crippen MR) is 66.1 cm³/mol. The van der Waals surface area contributed by atoms with Crippen LogP contribution in [0.1, 0.15) is 5.82 Å². The second kappa shape index (κ2) is 6.15. The first-order chi connectivity index (χ1) is 9.83. The van der Waals surface area contributed by atoms with Gasteiger partial charge in [-0.25, -0.2) is 13.8 Å². The van der Waals surface area contributed by atoms with E-state index in [2.05, 4.69) is 9.72 Å².